The largest absolute Gasteiger partial charge is 0.462 e. The molecular formula is C13H12N2O3. The van der Waals surface area contributed by atoms with Crippen LogP contribution in [-0.4, -0.2) is 28.6 Å². The van der Waals surface area contributed by atoms with Crippen molar-refractivity contribution in [2.45, 2.75) is 6.92 Å². The van der Waals surface area contributed by atoms with Gasteiger partial charge in [-0.25, -0.2) is 9.48 Å². The maximum atomic E-state index is 11.5. The number of esters is 1. The minimum atomic E-state index is -0.395. The molecule has 0 unspecified atom stereocenters. The number of carbonyl (C=O) groups excluding carboxylic acids is 2. The van der Waals surface area contributed by atoms with E-state index in [9.17, 15) is 9.59 Å². The van der Waals surface area contributed by atoms with E-state index < -0.39 is 5.97 Å². The number of hydrogen-bond acceptors (Lipinski definition) is 4. The van der Waals surface area contributed by atoms with Gasteiger partial charge in [0.2, 0.25) is 0 Å². The van der Waals surface area contributed by atoms with E-state index in [-0.39, 0.29) is 0 Å². The van der Waals surface area contributed by atoms with E-state index in [1.165, 1.54) is 6.20 Å². The van der Waals surface area contributed by atoms with E-state index in [4.69, 9.17) is 4.74 Å². The molecule has 1 heterocycles. The van der Waals surface area contributed by atoms with Crippen molar-refractivity contribution in [2.24, 2.45) is 0 Å². The highest BCUT2D eigenvalue weighted by molar-refractivity contribution is 5.88. The van der Waals surface area contributed by atoms with Gasteiger partial charge in [0.05, 0.1) is 24.1 Å². The number of aromatic nitrogens is 2. The fourth-order valence-electron chi connectivity index (χ4n) is 1.49. The Kier molecular flexibility index (Phi) is 3.52. The van der Waals surface area contributed by atoms with Crippen molar-refractivity contribution in [3.8, 4) is 5.69 Å². The van der Waals surface area contributed by atoms with Crippen LogP contribution >= 0.6 is 0 Å². The molecular weight excluding hydrogens is 232 g/mol. The highest BCUT2D eigenvalue weighted by atomic mass is 16.5. The summed E-state index contributed by atoms with van der Waals surface area (Å²) in [6.07, 6.45) is 3.82. The zero-order chi connectivity index (χ0) is 13.0. The predicted octanol–water partition coefficient (Wildman–Crippen LogP) is 1.86. The third kappa shape index (κ3) is 2.45. The molecule has 2 aromatic rings. The molecule has 1 aromatic carbocycles. The summed E-state index contributed by atoms with van der Waals surface area (Å²) < 4.78 is 6.43. The van der Waals surface area contributed by atoms with Gasteiger partial charge in [-0.15, -0.1) is 0 Å². The van der Waals surface area contributed by atoms with Gasteiger partial charge < -0.3 is 4.74 Å². The third-order valence-corrected chi connectivity index (χ3v) is 2.39. The van der Waals surface area contributed by atoms with Crippen LogP contribution < -0.4 is 0 Å². The Bertz CT molecular complexity index is 558. The summed E-state index contributed by atoms with van der Waals surface area (Å²) in [7, 11) is 0. The molecule has 92 valence electrons. The second-order valence-corrected chi connectivity index (χ2v) is 3.60. The SMILES string of the molecule is CCOC(=O)c1cnn(-c2ccc(C=O)cc2)c1. The maximum Gasteiger partial charge on any atom is 0.341 e. The predicted molar refractivity (Wildman–Crippen MR) is 64.9 cm³/mol. The molecule has 1 aromatic heterocycles. The first-order valence-electron chi connectivity index (χ1n) is 5.52. The van der Waals surface area contributed by atoms with E-state index in [0.717, 1.165) is 12.0 Å². The van der Waals surface area contributed by atoms with Gasteiger partial charge in [0, 0.05) is 11.8 Å². The van der Waals surface area contributed by atoms with E-state index in [0.29, 0.717) is 17.7 Å². The van der Waals surface area contributed by atoms with Crippen LogP contribution in [0.15, 0.2) is 36.7 Å². The second-order valence-electron chi connectivity index (χ2n) is 3.60. The van der Waals surface area contributed by atoms with Crippen molar-refractivity contribution in [3.63, 3.8) is 0 Å². The number of ether oxygens (including phenoxy) is 1. The van der Waals surface area contributed by atoms with Gasteiger partial charge >= 0.3 is 5.97 Å². The molecule has 5 nitrogen and oxygen atoms in total. The molecule has 2 rings (SSSR count). The first kappa shape index (κ1) is 12.0. The smallest absolute Gasteiger partial charge is 0.341 e. The summed E-state index contributed by atoms with van der Waals surface area (Å²) in [5.41, 5.74) is 1.77. The summed E-state index contributed by atoms with van der Waals surface area (Å²) in [4.78, 5) is 22.0. The van der Waals surface area contributed by atoms with Crippen molar-refractivity contribution in [1.82, 2.24) is 9.78 Å². The molecule has 0 bridgehead atoms. The topological polar surface area (TPSA) is 61.2 Å². The molecule has 0 radical (unpaired) electrons. The number of aldehydes is 1. The lowest BCUT2D eigenvalue weighted by Crippen LogP contribution is -2.03. The second kappa shape index (κ2) is 5.27. The first-order valence-corrected chi connectivity index (χ1v) is 5.52. The van der Waals surface area contributed by atoms with Gasteiger partial charge in [-0.2, -0.15) is 5.10 Å². The van der Waals surface area contributed by atoms with Crippen molar-refractivity contribution in [2.75, 3.05) is 6.61 Å². The van der Waals surface area contributed by atoms with Crippen LogP contribution in [-0.2, 0) is 4.74 Å². The molecule has 0 saturated heterocycles. The number of hydrogen-bond donors (Lipinski definition) is 0. The Balaban J connectivity index is 2.23. The molecule has 0 N–H and O–H groups in total. The van der Waals surface area contributed by atoms with Crippen molar-refractivity contribution in [3.05, 3.63) is 47.8 Å². The summed E-state index contributed by atoms with van der Waals surface area (Å²) in [6, 6.07) is 6.89. The molecule has 5 heteroatoms. The summed E-state index contributed by atoms with van der Waals surface area (Å²) >= 11 is 0. The molecule has 0 atom stereocenters. The summed E-state index contributed by atoms with van der Waals surface area (Å²) in [5, 5.41) is 4.07. The molecule has 18 heavy (non-hydrogen) atoms. The Morgan fingerprint density at radius 2 is 2.11 bits per heavy atom. The quantitative estimate of drug-likeness (QED) is 0.608. The standard InChI is InChI=1S/C13H12N2O3/c1-2-18-13(17)11-7-14-15(8-11)12-5-3-10(9-16)4-6-12/h3-9H,2H2,1H3. The van der Waals surface area contributed by atoms with Gasteiger partial charge in [0.25, 0.3) is 0 Å². The van der Waals surface area contributed by atoms with Crippen LogP contribution in [0.4, 0.5) is 0 Å². The maximum absolute atomic E-state index is 11.5. The fourth-order valence-corrected chi connectivity index (χ4v) is 1.49. The summed E-state index contributed by atoms with van der Waals surface area (Å²) in [5.74, 6) is -0.395. The van der Waals surface area contributed by atoms with Crippen molar-refractivity contribution in [1.29, 1.82) is 0 Å². The van der Waals surface area contributed by atoms with Crippen molar-refractivity contribution >= 4 is 12.3 Å². The van der Waals surface area contributed by atoms with Crippen LogP contribution in [0.2, 0.25) is 0 Å². The zero-order valence-corrected chi connectivity index (χ0v) is 9.87. The monoisotopic (exact) mass is 244 g/mol. The molecule has 0 aliphatic carbocycles. The molecule has 0 aliphatic heterocycles. The number of rotatable bonds is 4. The Labute approximate surface area is 104 Å². The average Bonchev–Trinajstić information content (AvgIpc) is 2.89. The van der Waals surface area contributed by atoms with E-state index in [2.05, 4.69) is 5.10 Å². The molecule has 0 saturated carbocycles. The number of benzene rings is 1. The van der Waals surface area contributed by atoms with Crippen LogP contribution in [0.25, 0.3) is 5.69 Å². The van der Waals surface area contributed by atoms with Crippen LogP contribution in [0.1, 0.15) is 27.6 Å². The first-order chi connectivity index (χ1) is 8.74. The Morgan fingerprint density at radius 1 is 1.39 bits per heavy atom. The minimum Gasteiger partial charge on any atom is -0.462 e. The average molecular weight is 244 g/mol. The Hall–Kier alpha value is -2.43. The number of carbonyl (C=O) groups is 2. The van der Waals surface area contributed by atoms with E-state index in [1.54, 1.807) is 42.1 Å². The highest BCUT2D eigenvalue weighted by Crippen LogP contribution is 2.10. The van der Waals surface area contributed by atoms with E-state index in [1.807, 2.05) is 0 Å². The van der Waals surface area contributed by atoms with Gasteiger partial charge in [-0.1, -0.05) is 0 Å². The minimum absolute atomic E-state index is 0.331. The van der Waals surface area contributed by atoms with E-state index >= 15 is 0 Å². The van der Waals surface area contributed by atoms with Gasteiger partial charge in [0.15, 0.2) is 0 Å². The van der Waals surface area contributed by atoms with Crippen LogP contribution in [0, 0.1) is 0 Å². The lowest BCUT2D eigenvalue weighted by molar-refractivity contribution is 0.0526. The zero-order valence-electron chi connectivity index (χ0n) is 9.87. The number of nitrogens with zero attached hydrogens (tertiary/aromatic N) is 2. The van der Waals surface area contributed by atoms with Gasteiger partial charge in [-0.3, -0.25) is 4.79 Å². The van der Waals surface area contributed by atoms with Gasteiger partial charge in [0.1, 0.15) is 6.29 Å². The highest BCUT2D eigenvalue weighted by Gasteiger charge is 2.09. The third-order valence-electron chi connectivity index (χ3n) is 2.39. The molecule has 0 fully saturated rings. The lowest BCUT2D eigenvalue weighted by atomic mass is 10.2. The molecule has 0 aliphatic rings. The molecule has 0 spiro atoms. The van der Waals surface area contributed by atoms with Crippen molar-refractivity contribution < 1.29 is 14.3 Å². The van der Waals surface area contributed by atoms with Crippen LogP contribution in [0.5, 0.6) is 0 Å². The molecule has 0 amide bonds. The Morgan fingerprint density at radius 3 is 2.72 bits per heavy atom. The normalized spacial score (nSPS) is 10.1. The fraction of sp³-hybridized carbons (Fsp3) is 0.154. The summed E-state index contributed by atoms with van der Waals surface area (Å²) in [6.45, 7) is 2.08. The van der Waals surface area contributed by atoms with Crippen LogP contribution in [0.3, 0.4) is 0 Å². The lowest BCUT2D eigenvalue weighted by Gasteiger charge is -2.00. The van der Waals surface area contributed by atoms with Gasteiger partial charge in [-0.05, 0) is 31.2 Å².